The number of fused-ring (bicyclic) bond motifs is 3. The van der Waals surface area contributed by atoms with E-state index in [4.69, 9.17) is 4.74 Å². The molecule has 0 aliphatic carbocycles. The van der Waals surface area contributed by atoms with Gasteiger partial charge in [-0.25, -0.2) is 0 Å². The largest absolute Gasteiger partial charge is 0.395 e. The van der Waals surface area contributed by atoms with Gasteiger partial charge in [0.05, 0.1) is 30.5 Å². The van der Waals surface area contributed by atoms with E-state index in [2.05, 4.69) is 0 Å². The normalized spacial score (nSPS) is 24.3. The highest BCUT2D eigenvalue weighted by atomic mass is 28.4. The number of likely N-dealkylation sites (N-methyl/N-ethyl adjacent to an activating group) is 1. The first kappa shape index (κ1) is 31.1. The van der Waals surface area contributed by atoms with Crippen molar-refractivity contribution in [3.8, 4) is 0 Å². The van der Waals surface area contributed by atoms with Gasteiger partial charge in [-0.15, -0.1) is 0 Å². The third-order valence-electron chi connectivity index (χ3n) is 9.74. The molecule has 0 radical (unpaired) electrons. The summed E-state index contributed by atoms with van der Waals surface area (Å²) in [6.45, 7) is 5.28. The van der Waals surface area contributed by atoms with Gasteiger partial charge in [0.15, 0.2) is 5.60 Å². The van der Waals surface area contributed by atoms with Crippen molar-refractivity contribution in [2.45, 2.75) is 63.1 Å². The number of aliphatic hydroxyl groups excluding tert-OH is 1. The zero-order valence-electron chi connectivity index (χ0n) is 26.2. The number of hydrogen-bond acceptors (Lipinski definition) is 5. The standard InChI is InChI=1S/C35H40FN3O5Si/c1-23-33(45(3,4)36)30(21-32(42)38(18-19-40)22-24-10-6-5-7-11-24)44-35(23)27-20-26(15-16-29(27)37(2)34(35)43)39-28-13-9-8-12-25(28)14-17-31(39)41/h5-13,15-16,20,23,30,33,40H,14,17-19,21-22H2,1-4H3/t23-,30+,33-,35+/m1/s1. The van der Waals surface area contributed by atoms with Gasteiger partial charge in [0.2, 0.25) is 20.2 Å². The Morgan fingerprint density at radius 3 is 2.47 bits per heavy atom. The minimum atomic E-state index is -3.50. The molecular formula is C35H40FN3O5Si. The number of carbonyl (C=O) groups excluding carboxylic acids is 3. The fourth-order valence-corrected chi connectivity index (χ4v) is 10.2. The summed E-state index contributed by atoms with van der Waals surface area (Å²) in [5.74, 6) is -1.18. The molecule has 4 atom stereocenters. The molecule has 10 heteroatoms. The molecule has 236 valence electrons. The first-order valence-electron chi connectivity index (χ1n) is 15.6. The topological polar surface area (TPSA) is 90.4 Å². The van der Waals surface area contributed by atoms with Crippen LogP contribution in [0.3, 0.4) is 0 Å². The molecule has 3 aliphatic rings. The number of rotatable bonds is 8. The second kappa shape index (κ2) is 11.8. The summed E-state index contributed by atoms with van der Waals surface area (Å²) in [5.41, 5.74) is 2.48. The van der Waals surface area contributed by atoms with Crippen molar-refractivity contribution in [1.29, 1.82) is 0 Å². The summed E-state index contributed by atoms with van der Waals surface area (Å²) in [6, 6.07) is 22.8. The van der Waals surface area contributed by atoms with Gasteiger partial charge in [0.25, 0.3) is 5.91 Å². The van der Waals surface area contributed by atoms with E-state index >= 15 is 4.11 Å². The second-order valence-corrected chi connectivity index (χ2v) is 16.7. The van der Waals surface area contributed by atoms with Gasteiger partial charge in [0, 0.05) is 49.3 Å². The number of halogens is 1. The Balaban J connectivity index is 1.38. The van der Waals surface area contributed by atoms with Crippen LogP contribution in [-0.4, -0.2) is 62.4 Å². The lowest BCUT2D eigenvalue weighted by molar-refractivity contribution is -0.149. The van der Waals surface area contributed by atoms with Crippen LogP contribution in [-0.2, 0) is 37.7 Å². The lowest BCUT2D eigenvalue weighted by Gasteiger charge is -2.32. The van der Waals surface area contributed by atoms with Crippen LogP contribution in [0.2, 0.25) is 18.6 Å². The van der Waals surface area contributed by atoms with Gasteiger partial charge in [0.1, 0.15) is 0 Å². The molecule has 6 rings (SSSR count). The lowest BCUT2D eigenvalue weighted by atomic mass is 9.82. The van der Waals surface area contributed by atoms with Crippen LogP contribution in [0.5, 0.6) is 0 Å². The predicted octanol–water partition coefficient (Wildman–Crippen LogP) is 5.46. The van der Waals surface area contributed by atoms with Gasteiger partial charge < -0.3 is 23.8 Å². The maximum absolute atomic E-state index is 16.3. The molecule has 3 aliphatic heterocycles. The average molecular weight is 630 g/mol. The van der Waals surface area contributed by atoms with Crippen LogP contribution < -0.4 is 9.80 Å². The molecule has 0 saturated carbocycles. The van der Waals surface area contributed by atoms with Crippen molar-refractivity contribution in [3.63, 3.8) is 0 Å². The number of nitrogens with zero attached hydrogens (tertiary/aromatic N) is 3. The highest BCUT2D eigenvalue weighted by molar-refractivity contribution is 6.72. The van der Waals surface area contributed by atoms with Gasteiger partial charge in [-0.2, -0.15) is 0 Å². The molecule has 1 spiro atoms. The SMILES string of the molecule is C[C@@H]1[C@@H]([Si](C)(C)F)[C@H](CC(=O)N(CCO)Cc2ccccc2)O[C@@]12C(=O)N(C)c1ccc(N3C(=O)CCc4ccccc43)cc12. The smallest absolute Gasteiger partial charge is 0.264 e. The summed E-state index contributed by atoms with van der Waals surface area (Å²) in [6.07, 6.45) is 0.0630. The highest BCUT2D eigenvalue weighted by Crippen LogP contribution is 2.60. The summed E-state index contributed by atoms with van der Waals surface area (Å²) in [4.78, 5) is 46.1. The molecule has 0 unspecified atom stereocenters. The van der Waals surface area contributed by atoms with E-state index in [1.165, 1.54) is 0 Å². The number of amides is 3. The molecular weight excluding hydrogens is 589 g/mol. The van der Waals surface area contributed by atoms with Gasteiger partial charge in [-0.05, 0) is 54.9 Å². The Morgan fingerprint density at radius 1 is 1.04 bits per heavy atom. The molecule has 3 heterocycles. The number of carbonyl (C=O) groups is 3. The van der Waals surface area contributed by atoms with Gasteiger partial charge >= 0.3 is 0 Å². The van der Waals surface area contributed by atoms with Crippen LogP contribution in [0.25, 0.3) is 0 Å². The molecule has 3 aromatic rings. The Bertz CT molecular complexity index is 1630. The summed E-state index contributed by atoms with van der Waals surface area (Å²) in [5, 5.41) is 9.75. The van der Waals surface area contributed by atoms with Crippen molar-refractivity contribution in [2.75, 3.05) is 30.0 Å². The third kappa shape index (κ3) is 5.28. The molecule has 0 bridgehead atoms. The van der Waals surface area contributed by atoms with Crippen molar-refractivity contribution in [1.82, 2.24) is 4.90 Å². The summed E-state index contributed by atoms with van der Waals surface area (Å²) >= 11 is 0. The van der Waals surface area contributed by atoms with Crippen LogP contribution in [0.15, 0.2) is 72.8 Å². The molecule has 3 amide bonds. The van der Waals surface area contributed by atoms with Crippen LogP contribution in [0, 0.1) is 5.92 Å². The van der Waals surface area contributed by atoms with Gasteiger partial charge in [-0.3, -0.25) is 19.3 Å². The quantitative estimate of drug-likeness (QED) is 0.264. The number of aliphatic hydroxyl groups is 1. The Kier molecular flexibility index (Phi) is 8.17. The number of anilines is 3. The molecule has 3 aromatic carbocycles. The minimum Gasteiger partial charge on any atom is -0.395 e. The minimum absolute atomic E-state index is 0.0400. The molecule has 1 N–H and O–H groups in total. The fourth-order valence-electron chi connectivity index (χ4n) is 7.71. The number of ether oxygens (including phenoxy) is 1. The van der Waals surface area contributed by atoms with E-state index in [9.17, 15) is 19.5 Å². The third-order valence-corrected chi connectivity index (χ3v) is 12.2. The fraction of sp³-hybridized carbons (Fsp3) is 0.400. The molecule has 1 fully saturated rings. The molecule has 45 heavy (non-hydrogen) atoms. The monoisotopic (exact) mass is 629 g/mol. The molecule has 1 saturated heterocycles. The number of aryl methyl sites for hydroxylation is 1. The van der Waals surface area contributed by atoms with E-state index < -0.39 is 31.6 Å². The van der Waals surface area contributed by atoms with Crippen LogP contribution in [0.1, 0.15) is 36.5 Å². The van der Waals surface area contributed by atoms with E-state index in [0.29, 0.717) is 36.3 Å². The zero-order valence-corrected chi connectivity index (χ0v) is 27.2. The number of benzene rings is 3. The van der Waals surface area contributed by atoms with Crippen molar-refractivity contribution in [2.24, 2.45) is 5.92 Å². The first-order valence-corrected chi connectivity index (χ1v) is 18.6. The van der Waals surface area contributed by atoms with E-state index in [0.717, 1.165) is 16.8 Å². The lowest BCUT2D eigenvalue weighted by Crippen LogP contribution is -2.44. The van der Waals surface area contributed by atoms with E-state index in [1.807, 2.05) is 79.7 Å². The zero-order chi connectivity index (χ0) is 32.1. The predicted molar refractivity (Wildman–Crippen MR) is 173 cm³/mol. The first-order chi connectivity index (χ1) is 21.5. The summed E-state index contributed by atoms with van der Waals surface area (Å²) in [7, 11) is -1.81. The Labute approximate surface area is 264 Å². The van der Waals surface area contributed by atoms with E-state index in [1.54, 1.807) is 34.8 Å². The Hall–Kier alpha value is -3.86. The van der Waals surface area contributed by atoms with Crippen molar-refractivity contribution in [3.05, 3.63) is 89.5 Å². The van der Waals surface area contributed by atoms with Crippen LogP contribution in [0.4, 0.5) is 21.2 Å². The maximum Gasteiger partial charge on any atom is 0.264 e. The van der Waals surface area contributed by atoms with Gasteiger partial charge in [-0.1, -0.05) is 55.5 Å². The summed E-state index contributed by atoms with van der Waals surface area (Å²) < 4.78 is 23.0. The average Bonchev–Trinajstić information content (AvgIpc) is 3.43. The van der Waals surface area contributed by atoms with E-state index in [-0.39, 0.29) is 37.3 Å². The second-order valence-electron chi connectivity index (χ2n) is 12.9. The van der Waals surface area contributed by atoms with Crippen molar-refractivity contribution < 1.29 is 28.3 Å². The van der Waals surface area contributed by atoms with Crippen molar-refractivity contribution >= 4 is 43.2 Å². The van der Waals surface area contributed by atoms with Crippen LogP contribution >= 0.6 is 0 Å². The maximum atomic E-state index is 16.3. The highest BCUT2D eigenvalue weighted by Gasteiger charge is 2.66. The number of hydrogen-bond donors (Lipinski definition) is 1. The molecule has 8 nitrogen and oxygen atoms in total. The molecule has 0 aromatic heterocycles. The number of para-hydroxylation sites is 1. The Morgan fingerprint density at radius 2 is 1.76 bits per heavy atom.